The molecule has 2 heterocycles. The van der Waals surface area contributed by atoms with Crippen molar-refractivity contribution in [2.24, 2.45) is 0 Å². The number of hydrogen-bond donors (Lipinski definition) is 0. The van der Waals surface area contributed by atoms with Gasteiger partial charge in [0, 0.05) is 21.8 Å². The summed E-state index contributed by atoms with van der Waals surface area (Å²) in [4.78, 5) is 10.1. The molecule has 1 aliphatic rings. The molecule has 0 spiro atoms. The lowest BCUT2D eigenvalue weighted by Crippen LogP contribution is -2.16. The van der Waals surface area contributed by atoms with Crippen LogP contribution in [0.4, 0.5) is 0 Å². The van der Waals surface area contributed by atoms with E-state index in [4.69, 9.17) is 9.97 Å². The third-order valence-electron chi connectivity index (χ3n) is 7.94. The number of allylic oxidation sites excluding steroid dienone is 7. The molecule has 0 bridgehead atoms. The van der Waals surface area contributed by atoms with Crippen molar-refractivity contribution >= 4 is 33.0 Å². The van der Waals surface area contributed by atoms with Crippen LogP contribution in [0, 0.1) is 0 Å². The lowest BCUT2D eigenvalue weighted by molar-refractivity contribution is 0.666. The highest BCUT2D eigenvalue weighted by atomic mass is 15.0. The summed E-state index contributed by atoms with van der Waals surface area (Å²) in [6.45, 7) is 19.3. The van der Waals surface area contributed by atoms with Gasteiger partial charge >= 0.3 is 0 Å². The van der Waals surface area contributed by atoms with Crippen molar-refractivity contribution in [2.75, 3.05) is 0 Å². The summed E-state index contributed by atoms with van der Waals surface area (Å²) >= 11 is 0. The van der Waals surface area contributed by atoms with Gasteiger partial charge in [-0.15, -0.1) is 0 Å². The van der Waals surface area contributed by atoms with E-state index >= 15 is 0 Å². The summed E-state index contributed by atoms with van der Waals surface area (Å²) in [5, 5.41) is 2.39. The van der Waals surface area contributed by atoms with Crippen LogP contribution < -0.4 is 0 Å². The van der Waals surface area contributed by atoms with Crippen LogP contribution in [-0.2, 0) is 5.41 Å². The van der Waals surface area contributed by atoms with Crippen molar-refractivity contribution in [3.8, 4) is 17.1 Å². The molecule has 0 atom stereocenters. The van der Waals surface area contributed by atoms with E-state index < -0.39 is 0 Å². The second kappa shape index (κ2) is 9.21. The number of nitrogens with zero attached hydrogens (tertiary/aromatic N) is 3. The monoisotopic (exact) mass is 505 g/mol. The first-order valence-electron chi connectivity index (χ1n) is 13.2. The maximum absolute atomic E-state index is 5.18. The molecular weight excluding hydrogens is 474 g/mol. The number of hydrogen-bond acceptors (Lipinski definition) is 2. The van der Waals surface area contributed by atoms with Gasteiger partial charge in [0.1, 0.15) is 0 Å². The van der Waals surface area contributed by atoms with E-state index in [1.807, 2.05) is 49.5 Å². The van der Waals surface area contributed by atoms with Gasteiger partial charge in [0.2, 0.25) is 0 Å². The van der Waals surface area contributed by atoms with Crippen LogP contribution in [0.1, 0.15) is 37.6 Å². The number of para-hydroxylation sites is 1. The van der Waals surface area contributed by atoms with Gasteiger partial charge in [0.25, 0.3) is 0 Å². The fourth-order valence-corrected chi connectivity index (χ4v) is 5.84. The molecule has 3 nitrogen and oxygen atoms in total. The highest BCUT2D eigenvalue weighted by Crippen LogP contribution is 2.52. The minimum atomic E-state index is -0.269. The maximum atomic E-state index is 5.18. The summed E-state index contributed by atoms with van der Waals surface area (Å²) in [5.41, 5.74) is 10.2. The molecule has 0 N–H and O–H groups in total. The number of rotatable bonds is 5. The summed E-state index contributed by atoms with van der Waals surface area (Å²) in [5.74, 6) is 0.689. The van der Waals surface area contributed by atoms with E-state index in [0.29, 0.717) is 5.82 Å². The minimum absolute atomic E-state index is 0.269. The van der Waals surface area contributed by atoms with E-state index in [0.717, 1.165) is 50.3 Å². The zero-order chi connectivity index (χ0) is 27.3. The SMILES string of the molecule is C=C/C=C\C(=C/C)c1nc(-c2ccccc2)ncc1-n1c2ccccc2c2ccc3c(c21)C(C)(C)C(=C)C3=C. The molecule has 39 heavy (non-hydrogen) atoms. The molecule has 0 saturated heterocycles. The molecule has 0 unspecified atom stereocenters. The quantitative estimate of drug-likeness (QED) is 0.223. The van der Waals surface area contributed by atoms with Crippen molar-refractivity contribution in [1.82, 2.24) is 14.5 Å². The fraction of sp³-hybridized carbons (Fsp3) is 0.111. The summed E-state index contributed by atoms with van der Waals surface area (Å²) in [6, 6.07) is 23.1. The van der Waals surface area contributed by atoms with Crippen molar-refractivity contribution < 1.29 is 0 Å². The van der Waals surface area contributed by atoms with E-state index in [-0.39, 0.29) is 5.41 Å². The average molecular weight is 506 g/mol. The molecule has 3 aromatic carbocycles. The van der Waals surface area contributed by atoms with Crippen LogP contribution in [0.2, 0.25) is 0 Å². The molecule has 0 radical (unpaired) electrons. The van der Waals surface area contributed by atoms with Crippen molar-refractivity contribution in [3.63, 3.8) is 0 Å². The normalized spacial score (nSPS) is 15.0. The topological polar surface area (TPSA) is 30.7 Å². The largest absolute Gasteiger partial charge is 0.305 e. The molecule has 1 aliphatic carbocycles. The molecule has 190 valence electrons. The second-order valence-corrected chi connectivity index (χ2v) is 10.5. The van der Waals surface area contributed by atoms with Crippen LogP contribution in [0.15, 0.2) is 123 Å². The third-order valence-corrected chi connectivity index (χ3v) is 7.94. The van der Waals surface area contributed by atoms with Gasteiger partial charge in [-0.2, -0.15) is 0 Å². The first kappa shape index (κ1) is 24.6. The van der Waals surface area contributed by atoms with Gasteiger partial charge in [-0.1, -0.05) is 119 Å². The Morgan fingerprint density at radius 3 is 2.41 bits per heavy atom. The molecule has 2 aromatic heterocycles. The summed E-state index contributed by atoms with van der Waals surface area (Å²) in [6.07, 6.45) is 9.85. The maximum Gasteiger partial charge on any atom is 0.159 e. The average Bonchev–Trinajstić information content (AvgIpc) is 3.38. The minimum Gasteiger partial charge on any atom is -0.305 e. The van der Waals surface area contributed by atoms with Gasteiger partial charge < -0.3 is 4.57 Å². The Kier molecular flexibility index (Phi) is 5.80. The van der Waals surface area contributed by atoms with Crippen LogP contribution in [0.5, 0.6) is 0 Å². The third kappa shape index (κ3) is 3.65. The van der Waals surface area contributed by atoms with Crippen LogP contribution in [0.25, 0.3) is 50.0 Å². The molecule has 0 amide bonds. The fourth-order valence-electron chi connectivity index (χ4n) is 5.84. The molecule has 5 aromatic rings. The Hall–Kier alpha value is -4.76. The standard InChI is InChI=1S/C36H31N3/c1-7-9-15-25(8-2)33-31(22-37-35(38-33)26-16-11-10-12-17-26)39-30-19-14-13-18-28(30)29-21-20-27-23(3)24(4)36(5,6)32(27)34(29)39/h7-22H,1,3-4H2,2,5-6H3/b15-9-,25-8+. The van der Waals surface area contributed by atoms with E-state index in [1.54, 1.807) is 6.08 Å². The van der Waals surface area contributed by atoms with Crippen LogP contribution in [0.3, 0.4) is 0 Å². The second-order valence-electron chi connectivity index (χ2n) is 10.5. The first-order valence-corrected chi connectivity index (χ1v) is 13.2. The van der Waals surface area contributed by atoms with Gasteiger partial charge in [0.15, 0.2) is 5.82 Å². The molecule has 0 saturated carbocycles. The predicted molar refractivity (Wildman–Crippen MR) is 166 cm³/mol. The van der Waals surface area contributed by atoms with E-state index in [2.05, 4.69) is 86.7 Å². The summed E-state index contributed by atoms with van der Waals surface area (Å²) in [7, 11) is 0. The summed E-state index contributed by atoms with van der Waals surface area (Å²) < 4.78 is 2.34. The van der Waals surface area contributed by atoms with E-state index in [1.165, 1.54) is 16.3 Å². The smallest absolute Gasteiger partial charge is 0.159 e. The zero-order valence-electron chi connectivity index (χ0n) is 22.7. The van der Waals surface area contributed by atoms with Crippen LogP contribution in [-0.4, -0.2) is 14.5 Å². The van der Waals surface area contributed by atoms with Gasteiger partial charge in [-0.25, -0.2) is 9.97 Å². The Balaban J connectivity index is 1.77. The van der Waals surface area contributed by atoms with Crippen LogP contribution >= 0.6 is 0 Å². The molecule has 0 aliphatic heterocycles. The Bertz CT molecular complexity index is 1880. The van der Waals surface area contributed by atoms with E-state index in [9.17, 15) is 0 Å². The highest BCUT2D eigenvalue weighted by Gasteiger charge is 2.39. The first-order chi connectivity index (χ1) is 18.9. The van der Waals surface area contributed by atoms with Crippen molar-refractivity contribution in [3.05, 3.63) is 139 Å². The van der Waals surface area contributed by atoms with Gasteiger partial charge in [-0.3, -0.25) is 0 Å². The lowest BCUT2D eigenvalue weighted by atomic mass is 9.82. The molecule has 6 rings (SSSR count). The molecular formula is C36H31N3. The number of benzene rings is 3. The Labute approximate surface area is 229 Å². The molecule has 3 heteroatoms. The predicted octanol–water partition coefficient (Wildman–Crippen LogP) is 9.25. The van der Waals surface area contributed by atoms with Gasteiger partial charge in [-0.05, 0) is 40.8 Å². The highest BCUT2D eigenvalue weighted by molar-refractivity contribution is 6.13. The van der Waals surface area contributed by atoms with Gasteiger partial charge in [0.05, 0.1) is 28.6 Å². The number of fused-ring (bicyclic) bond motifs is 5. The van der Waals surface area contributed by atoms with Crippen molar-refractivity contribution in [1.29, 1.82) is 0 Å². The van der Waals surface area contributed by atoms with Crippen molar-refractivity contribution in [2.45, 2.75) is 26.2 Å². The Morgan fingerprint density at radius 2 is 1.67 bits per heavy atom. The lowest BCUT2D eigenvalue weighted by Gasteiger charge is -2.23. The molecule has 0 fully saturated rings. The number of aromatic nitrogens is 3. The zero-order valence-corrected chi connectivity index (χ0v) is 22.7. The Morgan fingerprint density at radius 1 is 0.923 bits per heavy atom.